The van der Waals surface area contributed by atoms with Gasteiger partial charge in [-0.3, -0.25) is 14.6 Å². The van der Waals surface area contributed by atoms with Gasteiger partial charge in [0.1, 0.15) is 11.6 Å². The number of pyridine rings is 1. The molecule has 0 spiro atoms. The fourth-order valence-corrected chi connectivity index (χ4v) is 3.58. The third-order valence-electron chi connectivity index (χ3n) is 5.11. The second-order valence-electron chi connectivity index (χ2n) is 7.50. The second-order valence-corrected chi connectivity index (χ2v) is 7.50. The molecule has 0 radical (unpaired) electrons. The van der Waals surface area contributed by atoms with E-state index in [1.54, 1.807) is 0 Å². The molecule has 4 rings (SSSR count). The van der Waals surface area contributed by atoms with Crippen molar-refractivity contribution in [3.8, 4) is 0 Å². The maximum Gasteiger partial charge on any atom is 0.163 e. The Kier molecular flexibility index (Phi) is 5.03. The van der Waals surface area contributed by atoms with Crippen LogP contribution in [-0.2, 0) is 13.6 Å². The normalized spacial score (nSPS) is 16.2. The Hall–Kier alpha value is -2.54. The first-order valence-electron chi connectivity index (χ1n) is 9.68. The Labute approximate surface area is 160 Å². The molecule has 142 valence electrons. The summed E-state index contributed by atoms with van der Waals surface area (Å²) < 4.78 is 1.84. The molecular weight excluding hydrogens is 338 g/mol. The zero-order valence-electron chi connectivity index (χ0n) is 16.3. The first-order valence-corrected chi connectivity index (χ1v) is 9.68. The Morgan fingerprint density at radius 1 is 1.07 bits per heavy atom. The maximum atomic E-state index is 4.92. The number of aryl methyl sites for hydroxylation is 1. The molecule has 0 amide bonds. The van der Waals surface area contributed by atoms with Gasteiger partial charge >= 0.3 is 0 Å². The SMILES string of the molecule is CC(C)c1nc(N2CCCN(Cc3ccccn3)CC2)c2cnn(C)c2n1. The molecule has 0 aliphatic carbocycles. The van der Waals surface area contributed by atoms with Crippen LogP contribution in [0.2, 0.25) is 0 Å². The monoisotopic (exact) mass is 365 g/mol. The number of aromatic nitrogens is 5. The van der Waals surface area contributed by atoms with Crippen LogP contribution in [0.1, 0.15) is 37.7 Å². The van der Waals surface area contributed by atoms with Gasteiger partial charge in [0.2, 0.25) is 0 Å². The van der Waals surface area contributed by atoms with Crippen molar-refractivity contribution in [1.29, 1.82) is 0 Å². The zero-order chi connectivity index (χ0) is 18.8. The van der Waals surface area contributed by atoms with E-state index in [0.717, 1.165) is 67.5 Å². The second kappa shape index (κ2) is 7.60. The highest BCUT2D eigenvalue weighted by Gasteiger charge is 2.21. The smallest absolute Gasteiger partial charge is 0.163 e. The molecule has 1 fully saturated rings. The van der Waals surface area contributed by atoms with E-state index in [4.69, 9.17) is 9.97 Å². The third kappa shape index (κ3) is 3.78. The highest BCUT2D eigenvalue weighted by atomic mass is 15.3. The quantitative estimate of drug-likeness (QED) is 0.708. The van der Waals surface area contributed by atoms with E-state index in [1.165, 1.54) is 0 Å². The van der Waals surface area contributed by atoms with Gasteiger partial charge in [-0.15, -0.1) is 0 Å². The van der Waals surface area contributed by atoms with Gasteiger partial charge in [-0.1, -0.05) is 19.9 Å². The molecule has 3 aromatic heterocycles. The molecule has 1 aliphatic heterocycles. The van der Waals surface area contributed by atoms with Crippen LogP contribution >= 0.6 is 0 Å². The van der Waals surface area contributed by atoms with Crippen LogP contribution < -0.4 is 4.90 Å². The summed E-state index contributed by atoms with van der Waals surface area (Å²) in [6, 6.07) is 6.12. The highest BCUT2D eigenvalue weighted by molar-refractivity contribution is 5.87. The predicted molar refractivity (Wildman–Crippen MR) is 107 cm³/mol. The lowest BCUT2D eigenvalue weighted by atomic mass is 10.2. The van der Waals surface area contributed by atoms with Crippen molar-refractivity contribution in [2.24, 2.45) is 7.05 Å². The van der Waals surface area contributed by atoms with Crippen LogP contribution in [0.15, 0.2) is 30.6 Å². The van der Waals surface area contributed by atoms with Gasteiger partial charge in [0.25, 0.3) is 0 Å². The van der Waals surface area contributed by atoms with Crippen molar-refractivity contribution in [3.05, 3.63) is 42.1 Å². The summed E-state index contributed by atoms with van der Waals surface area (Å²) in [5, 5.41) is 5.46. The summed E-state index contributed by atoms with van der Waals surface area (Å²) in [5.74, 6) is 2.20. The van der Waals surface area contributed by atoms with Crippen LogP contribution in [0.25, 0.3) is 11.0 Å². The fraction of sp³-hybridized carbons (Fsp3) is 0.500. The topological polar surface area (TPSA) is 63.0 Å². The van der Waals surface area contributed by atoms with Crippen molar-refractivity contribution in [3.63, 3.8) is 0 Å². The molecule has 0 aromatic carbocycles. The molecule has 0 N–H and O–H groups in total. The minimum Gasteiger partial charge on any atom is -0.355 e. The molecular formula is C20H27N7. The zero-order valence-corrected chi connectivity index (χ0v) is 16.3. The summed E-state index contributed by atoms with van der Waals surface area (Å²) >= 11 is 0. The van der Waals surface area contributed by atoms with Crippen LogP contribution in [0.4, 0.5) is 5.82 Å². The van der Waals surface area contributed by atoms with Crippen molar-refractivity contribution in [2.75, 3.05) is 31.1 Å². The lowest BCUT2D eigenvalue weighted by Gasteiger charge is -2.24. The molecule has 1 saturated heterocycles. The van der Waals surface area contributed by atoms with Crippen LogP contribution in [-0.4, -0.2) is 55.8 Å². The van der Waals surface area contributed by atoms with Gasteiger partial charge in [-0.05, 0) is 18.6 Å². The Bertz CT molecular complexity index is 903. The van der Waals surface area contributed by atoms with Gasteiger partial charge < -0.3 is 4.90 Å². The van der Waals surface area contributed by atoms with E-state index in [9.17, 15) is 0 Å². The minimum atomic E-state index is 0.288. The van der Waals surface area contributed by atoms with Gasteiger partial charge in [-0.25, -0.2) is 9.97 Å². The van der Waals surface area contributed by atoms with Crippen molar-refractivity contribution in [1.82, 2.24) is 29.6 Å². The lowest BCUT2D eigenvalue weighted by Crippen LogP contribution is -2.31. The van der Waals surface area contributed by atoms with Crippen molar-refractivity contribution >= 4 is 16.9 Å². The van der Waals surface area contributed by atoms with Gasteiger partial charge in [0.05, 0.1) is 17.3 Å². The number of hydrogen-bond donors (Lipinski definition) is 0. The number of nitrogens with zero attached hydrogens (tertiary/aromatic N) is 7. The number of rotatable bonds is 4. The molecule has 7 heteroatoms. The lowest BCUT2D eigenvalue weighted by molar-refractivity contribution is 0.282. The molecule has 7 nitrogen and oxygen atoms in total. The molecule has 27 heavy (non-hydrogen) atoms. The van der Waals surface area contributed by atoms with Gasteiger partial charge in [0.15, 0.2) is 5.65 Å². The molecule has 0 bridgehead atoms. The number of fused-ring (bicyclic) bond motifs is 1. The predicted octanol–water partition coefficient (Wildman–Crippen LogP) is 2.59. The summed E-state index contributed by atoms with van der Waals surface area (Å²) in [7, 11) is 1.94. The number of anilines is 1. The Morgan fingerprint density at radius 3 is 2.74 bits per heavy atom. The molecule has 0 unspecified atom stereocenters. The van der Waals surface area contributed by atoms with Crippen molar-refractivity contribution in [2.45, 2.75) is 32.7 Å². The molecule has 0 saturated carbocycles. The summed E-state index contributed by atoms with van der Waals surface area (Å²) in [6.07, 6.45) is 4.87. The van der Waals surface area contributed by atoms with E-state index >= 15 is 0 Å². The Morgan fingerprint density at radius 2 is 1.96 bits per heavy atom. The maximum absolute atomic E-state index is 4.92. The minimum absolute atomic E-state index is 0.288. The average molecular weight is 365 g/mol. The van der Waals surface area contributed by atoms with E-state index in [2.05, 4.69) is 45.9 Å². The third-order valence-corrected chi connectivity index (χ3v) is 5.11. The van der Waals surface area contributed by atoms with E-state index in [1.807, 2.05) is 30.2 Å². The average Bonchev–Trinajstić information content (AvgIpc) is 2.90. The first kappa shape index (κ1) is 17.9. The van der Waals surface area contributed by atoms with E-state index in [-0.39, 0.29) is 5.92 Å². The van der Waals surface area contributed by atoms with E-state index in [0.29, 0.717) is 0 Å². The highest BCUT2D eigenvalue weighted by Crippen LogP contribution is 2.26. The largest absolute Gasteiger partial charge is 0.355 e. The summed E-state index contributed by atoms with van der Waals surface area (Å²) in [5.41, 5.74) is 2.04. The van der Waals surface area contributed by atoms with E-state index < -0.39 is 0 Å². The first-order chi connectivity index (χ1) is 13.1. The number of hydrogen-bond acceptors (Lipinski definition) is 6. The standard InChI is InChI=1S/C20H27N7/c1-15(2)18-23-19-17(13-22-25(19)3)20(24-18)27-10-6-9-26(11-12-27)14-16-7-4-5-8-21-16/h4-5,7-8,13,15H,6,9-12,14H2,1-3H3. The van der Waals surface area contributed by atoms with Crippen LogP contribution in [0.5, 0.6) is 0 Å². The molecule has 4 heterocycles. The molecule has 3 aromatic rings. The summed E-state index contributed by atoms with van der Waals surface area (Å²) in [4.78, 5) is 19.0. The van der Waals surface area contributed by atoms with Crippen LogP contribution in [0.3, 0.4) is 0 Å². The molecule has 0 atom stereocenters. The van der Waals surface area contributed by atoms with Crippen molar-refractivity contribution < 1.29 is 0 Å². The summed E-state index contributed by atoms with van der Waals surface area (Å²) in [6.45, 7) is 9.20. The Balaban J connectivity index is 1.57. The van der Waals surface area contributed by atoms with Gasteiger partial charge in [-0.2, -0.15) is 5.10 Å². The van der Waals surface area contributed by atoms with Gasteiger partial charge in [0, 0.05) is 51.9 Å². The fourth-order valence-electron chi connectivity index (χ4n) is 3.58. The van der Waals surface area contributed by atoms with Crippen LogP contribution in [0, 0.1) is 0 Å². The molecule has 1 aliphatic rings.